The molecular weight excluding hydrogens is 202 g/mol. The van der Waals surface area contributed by atoms with Crippen LogP contribution in [0, 0.1) is 5.92 Å². The molecule has 0 aliphatic carbocycles. The fraction of sp³-hybridized carbons (Fsp3) is 0.923. The summed E-state index contributed by atoms with van der Waals surface area (Å²) in [6.07, 6.45) is 3.01. The molecule has 3 heteroatoms. The molecule has 16 heavy (non-hydrogen) atoms. The van der Waals surface area contributed by atoms with Crippen molar-refractivity contribution in [1.82, 2.24) is 4.90 Å². The quantitative estimate of drug-likeness (QED) is 0.691. The number of piperidine rings is 1. The molecule has 1 heterocycles. The molecule has 0 N–H and O–H groups in total. The van der Waals surface area contributed by atoms with Crippen LogP contribution < -0.4 is 0 Å². The molecule has 3 atom stereocenters. The minimum atomic E-state index is -0.0687. The minimum absolute atomic E-state index is 0.0687. The molecule has 0 amide bonds. The summed E-state index contributed by atoms with van der Waals surface area (Å²) in [5, 5.41) is 0. The summed E-state index contributed by atoms with van der Waals surface area (Å²) in [5.41, 5.74) is 0. The third-order valence-corrected chi connectivity index (χ3v) is 3.52. The number of nitrogens with zero attached hydrogens (tertiary/aromatic N) is 1. The van der Waals surface area contributed by atoms with E-state index in [0.717, 1.165) is 12.5 Å². The third-order valence-electron chi connectivity index (χ3n) is 3.52. The van der Waals surface area contributed by atoms with Gasteiger partial charge in [0.15, 0.2) is 0 Å². The molecule has 1 aliphatic rings. The van der Waals surface area contributed by atoms with Crippen LogP contribution in [0.3, 0.4) is 0 Å². The number of carbonyl (C=O) groups is 1. The van der Waals surface area contributed by atoms with Gasteiger partial charge in [-0.25, -0.2) is 0 Å². The van der Waals surface area contributed by atoms with Crippen molar-refractivity contribution in [3.63, 3.8) is 0 Å². The highest BCUT2D eigenvalue weighted by Gasteiger charge is 2.27. The lowest BCUT2D eigenvalue weighted by atomic mass is 9.92. The van der Waals surface area contributed by atoms with E-state index in [0.29, 0.717) is 25.1 Å². The van der Waals surface area contributed by atoms with Crippen molar-refractivity contribution >= 4 is 5.97 Å². The molecule has 94 valence electrons. The van der Waals surface area contributed by atoms with Gasteiger partial charge in [0.1, 0.15) is 0 Å². The first-order chi connectivity index (χ1) is 7.54. The van der Waals surface area contributed by atoms with E-state index in [1.807, 2.05) is 6.92 Å². The molecular formula is C13H25NO2. The standard InChI is InChI=1S/C13H25NO2/c1-5-16-13(15)9-12(4)14-7-6-10(2)8-11(14)3/h10-12H,5-9H2,1-4H3. The van der Waals surface area contributed by atoms with Crippen LogP contribution in [0.2, 0.25) is 0 Å². The third kappa shape index (κ3) is 3.78. The van der Waals surface area contributed by atoms with Gasteiger partial charge in [0, 0.05) is 12.1 Å². The first-order valence-corrected chi connectivity index (χ1v) is 6.46. The molecule has 0 bridgehead atoms. The molecule has 3 unspecified atom stereocenters. The van der Waals surface area contributed by atoms with Gasteiger partial charge >= 0.3 is 5.97 Å². The summed E-state index contributed by atoms with van der Waals surface area (Å²) >= 11 is 0. The zero-order valence-corrected chi connectivity index (χ0v) is 11.0. The maximum absolute atomic E-state index is 11.4. The Labute approximate surface area is 99.1 Å². The van der Waals surface area contributed by atoms with Gasteiger partial charge in [0.25, 0.3) is 0 Å². The molecule has 0 aromatic rings. The molecule has 1 rings (SSSR count). The van der Waals surface area contributed by atoms with Gasteiger partial charge in [0.05, 0.1) is 13.0 Å². The van der Waals surface area contributed by atoms with Crippen LogP contribution in [0.15, 0.2) is 0 Å². The molecule has 1 aliphatic heterocycles. The lowest BCUT2D eigenvalue weighted by molar-refractivity contribution is -0.144. The topological polar surface area (TPSA) is 29.5 Å². The van der Waals surface area contributed by atoms with Gasteiger partial charge in [-0.2, -0.15) is 0 Å². The number of likely N-dealkylation sites (tertiary alicyclic amines) is 1. The zero-order chi connectivity index (χ0) is 12.1. The second kappa shape index (κ2) is 6.24. The van der Waals surface area contributed by atoms with Gasteiger partial charge in [-0.15, -0.1) is 0 Å². The van der Waals surface area contributed by atoms with Crippen molar-refractivity contribution in [3.8, 4) is 0 Å². The van der Waals surface area contributed by atoms with Crippen molar-refractivity contribution in [3.05, 3.63) is 0 Å². The van der Waals surface area contributed by atoms with Crippen molar-refractivity contribution < 1.29 is 9.53 Å². The van der Waals surface area contributed by atoms with Crippen LogP contribution in [0.25, 0.3) is 0 Å². The lowest BCUT2D eigenvalue weighted by Crippen LogP contribution is -2.46. The summed E-state index contributed by atoms with van der Waals surface area (Å²) in [4.78, 5) is 13.9. The van der Waals surface area contributed by atoms with E-state index in [9.17, 15) is 4.79 Å². The number of carbonyl (C=O) groups excluding carboxylic acids is 1. The first kappa shape index (κ1) is 13.5. The maximum atomic E-state index is 11.4. The Hall–Kier alpha value is -0.570. The minimum Gasteiger partial charge on any atom is -0.466 e. The van der Waals surface area contributed by atoms with Gasteiger partial charge in [-0.1, -0.05) is 6.92 Å². The van der Waals surface area contributed by atoms with E-state index in [4.69, 9.17) is 4.74 Å². The highest BCUT2D eigenvalue weighted by atomic mass is 16.5. The van der Waals surface area contributed by atoms with Crippen molar-refractivity contribution in [2.75, 3.05) is 13.2 Å². The van der Waals surface area contributed by atoms with Crippen LogP contribution in [-0.2, 0) is 9.53 Å². The average molecular weight is 227 g/mol. The zero-order valence-electron chi connectivity index (χ0n) is 11.0. The average Bonchev–Trinajstić information content (AvgIpc) is 2.17. The Morgan fingerprint density at radius 3 is 2.75 bits per heavy atom. The first-order valence-electron chi connectivity index (χ1n) is 6.46. The SMILES string of the molecule is CCOC(=O)CC(C)N1CCC(C)CC1C. The number of hydrogen-bond acceptors (Lipinski definition) is 3. The molecule has 0 radical (unpaired) electrons. The van der Waals surface area contributed by atoms with E-state index >= 15 is 0 Å². The van der Waals surface area contributed by atoms with Crippen molar-refractivity contribution in [2.24, 2.45) is 5.92 Å². The van der Waals surface area contributed by atoms with Crippen molar-refractivity contribution in [1.29, 1.82) is 0 Å². The Morgan fingerprint density at radius 2 is 2.19 bits per heavy atom. The predicted octanol–water partition coefficient (Wildman–Crippen LogP) is 2.45. The van der Waals surface area contributed by atoms with Crippen LogP contribution in [0.4, 0.5) is 0 Å². The maximum Gasteiger partial charge on any atom is 0.307 e. The van der Waals surface area contributed by atoms with E-state index < -0.39 is 0 Å². The summed E-state index contributed by atoms with van der Waals surface area (Å²) in [7, 11) is 0. The largest absolute Gasteiger partial charge is 0.466 e. The Kier molecular flexibility index (Phi) is 5.26. The summed E-state index contributed by atoms with van der Waals surface area (Å²) < 4.78 is 4.99. The molecule has 0 spiro atoms. The van der Waals surface area contributed by atoms with Gasteiger partial charge in [-0.05, 0) is 46.1 Å². The summed E-state index contributed by atoms with van der Waals surface area (Å²) in [6.45, 7) is 10.2. The normalized spacial score (nSPS) is 28.8. The second-order valence-electron chi connectivity index (χ2n) is 5.07. The van der Waals surface area contributed by atoms with E-state index in [1.165, 1.54) is 12.8 Å². The highest BCUT2D eigenvalue weighted by Crippen LogP contribution is 2.24. The molecule has 1 fully saturated rings. The second-order valence-corrected chi connectivity index (χ2v) is 5.07. The van der Waals surface area contributed by atoms with Crippen LogP contribution in [0.5, 0.6) is 0 Å². The summed E-state index contributed by atoms with van der Waals surface area (Å²) in [6, 6.07) is 0.898. The number of esters is 1. The predicted molar refractivity (Wildman–Crippen MR) is 65.3 cm³/mol. The molecule has 0 aromatic carbocycles. The summed E-state index contributed by atoms with van der Waals surface area (Å²) in [5.74, 6) is 0.752. The lowest BCUT2D eigenvalue weighted by Gasteiger charge is -2.40. The Bertz CT molecular complexity index is 230. The smallest absolute Gasteiger partial charge is 0.307 e. The van der Waals surface area contributed by atoms with Gasteiger partial charge in [0.2, 0.25) is 0 Å². The van der Waals surface area contributed by atoms with Gasteiger partial charge < -0.3 is 4.74 Å². The van der Waals surface area contributed by atoms with Crippen LogP contribution >= 0.6 is 0 Å². The fourth-order valence-corrected chi connectivity index (χ4v) is 2.66. The molecule has 1 saturated heterocycles. The van der Waals surface area contributed by atoms with E-state index in [2.05, 4.69) is 25.7 Å². The van der Waals surface area contributed by atoms with E-state index in [1.54, 1.807) is 0 Å². The number of rotatable bonds is 4. The Balaban J connectivity index is 2.41. The van der Waals surface area contributed by atoms with Crippen LogP contribution in [-0.4, -0.2) is 36.1 Å². The number of hydrogen-bond donors (Lipinski definition) is 0. The number of ether oxygens (including phenoxy) is 1. The molecule has 0 aromatic heterocycles. The van der Waals surface area contributed by atoms with Gasteiger partial charge in [-0.3, -0.25) is 9.69 Å². The fourth-order valence-electron chi connectivity index (χ4n) is 2.66. The van der Waals surface area contributed by atoms with Crippen molar-refractivity contribution in [2.45, 2.75) is 59.0 Å². The highest BCUT2D eigenvalue weighted by molar-refractivity contribution is 5.70. The molecule has 0 saturated carbocycles. The Morgan fingerprint density at radius 1 is 1.50 bits per heavy atom. The monoisotopic (exact) mass is 227 g/mol. The van der Waals surface area contributed by atoms with E-state index in [-0.39, 0.29) is 5.97 Å². The van der Waals surface area contributed by atoms with Crippen LogP contribution in [0.1, 0.15) is 47.0 Å². The molecule has 3 nitrogen and oxygen atoms in total.